The van der Waals surface area contributed by atoms with Gasteiger partial charge in [0, 0.05) is 18.8 Å². The van der Waals surface area contributed by atoms with E-state index in [0.717, 1.165) is 13.0 Å². The molecular weight excluding hydrogens is 208 g/mol. The van der Waals surface area contributed by atoms with Crippen LogP contribution in [0.3, 0.4) is 0 Å². The zero-order chi connectivity index (χ0) is 12.1. The monoisotopic (exact) mass is 232 g/mol. The fraction of sp³-hybridized carbons (Fsp3) is 0.600. The van der Waals surface area contributed by atoms with Crippen LogP contribution in [0.5, 0.6) is 0 Å². The van der Waals surface area contributed by atoms with Crippen LogP contribution in [0.4, 0.5) is 5.69 Å². The lowest BCUT2D eigenvalue weighted by atomic mass is 10.1. The molecule has 1 aliphatic rings. The summed E-state index contributed by atoms with van der Waals surface area (Å²) in [7, 11) is 0. The van der Waals surface area contributed by atoms with Gasteiger partial charge in [0.1, 0.15) is 0 Å². The maximum absolute atomic E-state index is 5.60. The van der Waals surface area contributed by atoms with Gasteiger partial charge in [-0.1, -0.05) is 25.0 Å². The molecule has 0 spiro atoms. The highest BCUT2D eigenvalue weighted by atomic mass is 15.1. The summed E-state index contributed by atoms with van der Waals surface area (Å²) < 4.78 is 0. The van der Waals surface area contributed by atoms with Gasteiger partial charge in [0.15, 0.2) is 0 Å². The third kappa shape index (κ3) is 3.22. The van der Waals surface area contributed by atoms with E-state index in [1.165, 1.54) is 55.6 Å². The minimum absolute atomic E-state index is 0.739. The summed E-state index contributed by atoms with van der Waals surface area (Å²) in [6, 6.07) is 6.82. The van der Waals surface area contributed by atoms with E-state index in [-0.39, 0.29) is 0 Å². The third-order valence-corrected chi connectivity index (χ3v) is 3.64. The molecule has 17 heavy (non-hydrogen) atoms. The Kier molecular flexibility index (Phi) is 4.43. The fourth-order valence-corrected chi connectivity index (χ4v) is 2.71. The van der Waals surface area contributed by atoms with Crippen LogP contribution in [-0.2, 0) is 6.42 Å². The van der Waals surface area contributed by atoms with Crippen molar-refractivity contribution in [2.45, 2.75) is 39.0 Å². The van der Waals surface area contributed by atoms with Crippen LogP contribution >= 0.6 is 0 Å². The molecule has 94 valence electrons. The predicted molar refractivity (Wildman–Crippen MR) is 74.6 cm³/mol. The molecule has 2 N–H and O–H groups in total. The normalized spacial score (nSPS) is 16.9. The number of hydrogen-bond donors (Lipinski definition) is 1. The molecule has 2 nitrogen and oxygen atoms in total. The Morgan fingerprint density at radius 2 is 1.82 bits per heavy atom. The fourth-order valence-electron chi connectivity index (χ4n) is 2.71. The number of anilines is 1. The average Bonchev–Trinajstić information content (AvgIpc) is 2.58. The standard InChI is InChI=1S/C15H24N2/c1-13-12-14(8-9-16)6-7-15(13)17-10-4-2-3-5-11-17/h6-7,12H,2-5,8-11,16H2,1H3. The SMILES string of the molecule is Cc1cc(CCN)ccc1N1CCCCCC1. The van der Waals surface area contributed by atoms with Gasteiger partial charge < -0.3 is 10.6 Å². The van der Waals surface area contributed by atoms with Gasteiger partial charge >= 0.3 is 0 Å². The summed E-state index contributed by atoms with van der Waals surface area (Å²) >= 11 is 0. The molecule has 1 aromatic rings. The van der Waals surface area contributed by atoms with E-state index in [4.69, 9.17) is 5.73 Å². The molecule has 2 heteroatoms. The average molecular weight is 232 g/mol. The van der Waals surface area contributed by atoms with E-state index in [9.17, 15) is 0 Å². The quantitative estimate of drug-likeness (QED) is 0.868. The molecule has 0 radical (unpaired) electrons. The van der Waals surface area contributed by atoms with E-state index >= 15 is 0 Å². The van der Waals surface area contributed by atoms with Crippen molar-refractivity contribution in [3.63, 3.8) is 0 Å². The van der Waals surface area contributed by atoms with Gasteiger partial charge in [0.05, 0.1) is 0 Å². The number of hydrogen-bond acceptors (Lipinski definition) is 2. The molecule has 1 saturated heterocycles. The first-order valence-electron chi connectivity index (χ1n) is 6.86. The van der Waals surface area contributed by atoms with E-state index < -0.39 is 0 Å². The molecule has 0 unspecified atom stereocenters. The Bertz CT molecular complexity index is 352. The van der Waals surface area contributed by atoms with Gasteiger partial charge in [0.25, 0.3) is 0 Å². The van der Waals surface area contributed by atoms with Crippen LogP contribution in [0, 0.1) is 6.92 Å². The van der Waals surface area contributed by atoms with Gasteiger partial charge in [0.2, 0.25) is 0 Å². The highest BCUT2D eigenvalue weighted by molar-refractivity contribution is 5.54. The molecule has 0 bridgehead atoms. The number of aryl methyl sites for hydroxylation is 1. The van der Waals surface area contributed by atoms with E-state index in [1.807, 2.05) is 0 Å². The molecule has 1 fully saturated rings. The second-order valence-corrected chi connectivity index (χ2v) is 5.06. The third-order valence-electron chi connectivity index (χ3n) is 3.64. The van der Waals surface area contributed by atoms with Crippen LogP contribution in [0.2, 0.25) is 0 Å². The van der Waals surface area contributed by atoms with Crippen molar-refractivity contribution in [2.75, 3.05) is 24.5 Å². The van der Waals surface area contributed by atoms with Crippen LogP contribution < -0.4 is 10.6 Å². The van der Waals surface area contributed by atoms with Crippen LogP contribution in [0.15, 0.2) is 18.2 Å². The first-order valence-corrected chi connectivity index (χ1v) is 6.86. The number of nitrogens with zero attached hydrogens (tertiary/aromatic N) is 1. The zero-order valence-corrected chi connectivity index (χ0v) is 10.9. The van der Waals surface area contributed by atoms with Crippen LogP contribution in [-0.4, -0.2) is 19.6 Å². The van der Waals surface area contributed by atoms with Crippen molar-refractivity contribution >= 4 is 5.69 Å². The van der Waals surface area contributed by atoms with Gasteiger partial charge in [-0.2, -0.15) is 0 Å². The van der Waals surface area contributed by atoms with Crippen LogP contribution in [0.1, 0.15) is 36.8 Å². The Labute approximate surface area is 105 Å². The molecular formula is C15H24N2. The van der Waals surface area contributed by atoms with Crippen molar-refractivity contribution in [2.24, 2.45) is 5.73 Å². The predicted octanol–water partition coefficient (Wildman–Crippen LogP) is 2.88. The molecule has 0 aromatic heterocycles. The van der Waals surface area contributed by atoms with Crippen molar-refractivity contribution in [3.05, 3.63) is 29.3 Å². The Morgan fingerprint density at radius 3 is 2.41 bits per heavy atom. The Balaban J connectivity index is 2.14. The number of benzene rings is 1. The zero-order valence-electron chi connectivity index (χ0n) is 10.9. The van der Waals surface area contributed by atoms with Gasteiger partial charge in [-0.15, -0.1) is 0 Å². The van der Waals surface area contributed by atoms with Crippen molar-refractivity contribution in [1.82, 2.24) is 0 Å². The second-order valence-electron chi connectivity index (χ2n) is 5.06. The van der Waals surface area contributed by atoms with Crippen molar-refractivity contribution < 1.29 is 0 Å². The summed E-state index contributed by atoms with van der Waals surface area (Å²) in [5, 5.41) is 0. The molecule has 0 aliphatic carbocycles. The lowest BCUT2D eigenvalue weighted by Crippen LogP contribution is -2.24. The maximum Gasteiger partial charge on any atom is 0.0396 e. The number of rotatable bonds is 3. The molecule has 1 aliphatic heterocycles. The highest BCUT2D eigenvalue weighted by Crippen LogP contribution is 2.24. The number of nitrogens with two attached hydrogens (primary N) is 1. The topological polar surface area (TPSA) is 29.3 Å². The Hall–Kier alpha value is -1.02. The maximum atomic E-state index is 5.60. The summed E-state index contributed by atoms with van der Waals surface area (Å²) in [4.78, 5) is 2.55. The summed E-state index contributed by atoms with van der Waals surface area (Å²) in [6.45, 7) is 5.40. The minimum Gasteiger partial charge on any atom is -0.371 e. The first-order chi connectivity index (χ1) is 8.31. The summed E-state index contributed by atoms with van der Waals surface area (Å²) in [5.74, 6) is 0. The highest BCUT2D eigenvalue weighted by Gasteiger charge is 2.11. The molecule has 0 amide bonds. The van der Waals surface area contributed by atoms with E-state index in [0.29, 0.717) is 0 Å². The minimum atomic E-state index is 0.739. The first kappa shape index (κ1) is 12.4. The van der Waals surface area contributed by atoms with E-state index in [2.05, 4.69) is 30.0 Å². The van der Waals surface area contributed by atoms with Crippen molar-refractivity contribution in [1.29, 1.82) is 0 Å². The van der Waals surface area contributed by atoms with Gasteiger partial charge in [-0.05, 0) is 49.9 Å². The van der Waals surface area contributed by atoms with E-state index in [1.54, 1.807) is 0 Å². The van der Waals surface area contributed by atoms with Gasteiger partial charge in [-0.3, -0.25) is 0 Å². The van der Waals surface area contributed by atoms with Crippen LogP contribution in [0.25, 0.3) is 0 Å². The largest absolute Gasteiger partial charge is 0.371 e. The molecule has 1 heterocycles. The smallest absolute Gasteiger partial charge is 0.0396 e. The van der Waals surface area contributed by atoms with Crippen molar-refractivity contribution in [3.8, 4) is 0 Å². The lowest BCUT2D eigenvalue weighted by molar-refractivity contribution is 0.726. The van der Waals surface area contributed by atoms with Gasteiger partial charge in [-0.25, -0.2) is 0 Å². The molecule has 0 saturated carbocycles. The second kappa shape index (κ2) is 6.06. The Morgan fingerprint density at radius 1 is 1.12 bits per heavy atom. The lowest BCUT2D eigenvalue weighted by Gasteiger charge is -2.25. The summed E-state index contributed by atoms with van der Waals surface area (Å²) in [5.41, 5.74) is 9.79. The molecule has 0 atom stereocenters. The molecule has 1 aromatic carbocycles. The molecule has 2 rings (SSSR count). The summed E-state index contributed by atoms with van der Waals surface area (Å²) in [6.07, 6.45) is 6.44.